The molecule has 5 N–H and O–H groups in total. The van der Waals surface area contributed by atoms with E-state index in [1.807, 2.05) is 18.3 Å². The molecule has 2 aliphatic heterocycles. The zero-order chi connectivity index (χ0) is 30.9. The lowest BCUT2D eigenvalue weighted by molar-refractivity contribution is -0.192. The molecule has 0 aromatic carbocycles. The van der Waals surface area contributed by atoms with Gasteiger partial charge in [0.15, 0.2) is 5.82 Å². The first-order valence-corrected chi connectivity index (χ1v) is 14.0. The summed E-state index contributed by atoms with van der Waals surface area (Å²) < 4.78 is 35.5. The largest absolute Gasteiger partial charge is 0.490 e. The molecule has 6 rings (SSSR count). The monoisotopic (exact) mass is 635 g/mol. The van der Waals surface area contributed by atoms with Gasteiger partial charge in [-0.3, -0.25) is 9.48 Å². The molecular formula is C26H25ClF3N9O3S. The quantitative estimate of drug-likeness (QED) is 0.294. The van der Waals surface area contributed by atoms with Crippen molar-refractivity contribution >= 4 is 41.1 Å². The Balaban J connectivity index is 0.000000472. The number of carboxylic acids is 1. The molecule has 1 spiro atoms. The molecule has 0 bridgehead atoms. The van der Waals surface area contributed by atoms with Crippen molar-refractivity contribution in [3.05, 3.63) is 71.7 Å². The molecule has 2 aliphatic rings. The standard InChI is InChI=1S/C24H24ClN9OS.C2HF3O2/c25-20-17(2-6-28-23(20)33-8-3-15(13-33)22(27)35)36-19-12-29-18(11-30-19)32-9-4-24(5-10-32)14-34-16(21(24)26)1-7-31-34;3-2(4,5)1(6)7/h1-3,6-8,11-13,21H,4-5,9-10,14,26H2,(H2,27,35);(H,6,7)/t21-;/m1./s1. The van der Waals surface area contributed by atoms with E-state index in [9.17, 15) is 18.0 Å². The third-order valence-electron chi connectivity index (χ3n) is 7.40. The molecular weight excluding hydrogens is 611 g/mol. The zero-order valence-corrected chi connectivity index (χ0v) is 23.9. The second kappa shape index (κ2) is 11.9. The number of carbonyl (C=O) groups is 2. The number of nitrogens with zero attached hydrogens (tertiary/aromatic N) is 7. The number of halogens is 4. The van der Waals surface area contributed by atoms with Crippen LogP contribution in [-0.2, 0) is 11.3 Å². The van der Waals surface area contributed by atoms with E-state index in [0.29, 0.717) is 16.4 Å². The summed E-state index contributed by atoms with van der Waals surface area (Å²) >= 11 is 8.04. The average molecular weight is 636 g/mol. The highest BCUT2D eigenvalue weighted by Gasteiger charge is 2.47. The van der Waals surface area contributed by atoms with Crippen LogP contribution in [0, 0.1) is 5.41 Å². The van der Waals surface area contributed by atoms with Crippen molar-refractivity contribution in [3.63, 3.8) is 0 Å². The van der Waals surface area contributed by atoms with Gasteiger partial charge < -0.3 is 26.0 Å². The van der Waals surface area contributed by atoms with Gasteiger partial charge in [-0.2, -0.15) is 18.3 Å². The van der Waals surface area contributed by atoms with Crippen molar-refractivity contribution in [1.82, 2.24) is 29.3 Å². The van der Waals surface area contributed by atoms with Crippen LogP contribution in [0.4, 0.5) is 19.0 Å². The predicted molar refractivity (Wildman–Crippen MR) is 150 cm³/mol. The summed E-state index contributed by atoms with van der Waals surface area (Å²) in [5.41, 5.74) is 13.5. The highest BCUT2D eigenvalue weighted by atomic mass is 35.5. The molecule has 4 aromatic rings. The van der Waals surface area contributed by atoms with E-state index < -0.39 is 18.1 Å². The number of carbonyl (C=O) groups excluding carboxylic acids is 1. The number of aromatic nitrogens is 6. The van der Waals surface area contributed by atoms with Gasteiger partial charge >= 0.3 is 12.1 Å². The summed E-state index contributed by atoms with van der Waals surface area (Å²) in [5, 5.41) is 12.7. The maximum atomic E-state index is 11.4. The summed E-state index contributed by atoms with van der Waals surface area (Å²) in [6.07, 6.45) is 7.26. The van der Waals surface area contributed by atoms with Crippen LogP contribution in [0.15, 0.2) is 65.3 Å². The Morgan fingerprint density at radius 1 is 1.09 bits per heavy atom. The fraction of sp³-hybridized carbons (Fsp3) is 0.308. The van der Waals surface area contributed by atoms with E-state index in [1.54, 1.807) is 41.6 Å². The molecule has 12 nitrogen and oxygen atoms in total. The number of alkyl halides is 3. The van der Waals surface area contributed by atoms with Crippen LogP contribution in [0.25, 0.3) is 5.82 Å². The summed E-state index contributed by atoms with van der Waals surface area (Å²) in [4.78, 5) is 37.0. The molecule has 1 amide bonds. The highest BCUT2D eigenvalue weighted by molar-refractivity contribution is 7.99. The van der Waals surface area contributed by atoms with Crippen molar-refractivity contribution in [2.45, 2.75) is 41.5 Å². The average Bonchev–Trinajstić information content (AvgIpc) is 3.69. The molecule has 43 heavy (non-hydrogen) atoms. The predicted octanol–water partition coefficient (Wildman–Crippen LogP) is 3.70. The number of anilines is 1. The number of carboxylic acid groups (broad SMARTS) is 1. The minimum Gasteiger partial charge on any atom is -0.475 e. The molecule has 1 atom stereocenters. The molecule has 0 saturated carbocycles. The van der Waals surface area contributed by atoms with Crippen molar-refractivity contribution in [2.75, 3.05) is 18.0 Å². The van der Waals surface area contributed by atoms with E-state index in [4.69, 9.17) is 33.0 Å². The number of fused-ring (bicyclic) bond motifs is 1. The van der Waals surface area contributed by atoms with Gasteiger partial charge in [-0.05, 0) is 31.0 Å². The molecule has 4 aromatic heterocycles. The number of rotatable bonds is 5. The van der Waals surface area contributed by atoms with Gasteiger partial charge in [-0.15, -0.1) is 0 Å². The smallest absolute Gasteiger partial charge is 0.475 e. The summed E-state index contributed by atoms with van der Waals surface area (Å²) in [6.45, 7) is 2.64. The van der Waals surface area contributed by atoms with Crippen molar-refractivity contribution in [2.24, 2.45) is 16.9 Å². The molecule has 1 fully saturated rings. The molecule has 0 radical (unpaired) electrons. The molecule has 17 heteroatoms. The molecule has 6 heterocycles. The van der Waals surface area contributed by atoms with Crippen LogP contribution in [0.5, 0.6) is 0 Å². The van der Waals surface area contributed by atoms with E-state index in [1.165, 1.54) is 11.8 Å². The minimum atomic E-state index is -5.08. The lowest BCUT2D eigenvalue weighted by Gasteiger charge is -2.41. The molecule has 1 saturated heterocycles. The van der Waals surface area contributed by atoms with Crippen LogP contribution in [0.3, 0.4) is 0 Å². The Labute approximate surface area is 251 Å². The Morgan fingerprint density at radius 3 is 2.40 bits per heavy atom. The number of hydrogen-bond acceptors (Lipinski definition) is 9. The molecule has 0 unspecified atom stereocenters. The molecule has 226 valence electrons. The summed E-state index contributed by atoms with van der Waals surface area (Å²) in [5.74, 6) is -1.90. The first-order valence-electron chi connectivity index (χ1n) is 12.8. The summed E-state index contributed by atoms with van der Waals surface area (Å²) in [7, 11) is 0. The van der Waals surface area contributed by atoms with Gasteiger partial charge in [-0.1, -0.05) is 23.4 Å². The van der Waals surface area contributed by atoms with Crippen LogP contribution in [-0.4, -0.2) is 65.5 Å². The maximum absolute atomic E-state index is 11.4. The van der Waals surface area contributed by atoms with Gasteiger partial charge in [0, 0.05) is 54.7 Å². The van der Waals surface area contributed by atoms with Crippen molar-refractivity contribution in [3.8, 4) is 5.82 Å². The number of nitrogens with two attached hydrogens (primary N) is 2. The Kier molecular flexibility index (Phi) is 8.36. The van der Waals surface area contributed by atoms with Gasteiger partial charge in [0.1, 0.15) is 10.8 Å². The number of primary amides is 1. The van der Waals surface area contributed by atoms with E-state index in [2.05, 4.69) is 29.6 Å². The third-order valence-corrected chi connectivity index (χ3v) is 8.87. The number of amides is 1. The number of hydrogen-bond donors (Lipinski definition) is 3. The van der Waals surface area contributed by atoms with Crippen LogP contribution in [0.2, 0.25) is 5.02 Å². The van der Waals surface area contributed by atoms with Crippen molar-refractivity contribution < 1.29 is 27.9 Å². The van der Waals surface area contributed by atoms with Crippen LogP contribution < -0.4 is 16.4 Å². The van der Waals surface area contributed by atoms with Crippen molar-refractivity contribution in [1.29, 1.82) is 0 Å². The summed E-state index contributed by atoms with van der Waals surface area (Å²) in [6, 6.07) is 5.50. The van der Waals surface area contributed by atoms with Gasteiger partial charge in [0.05, 0.1) is 34.7 Å². The number of pyridine rings is 1. The normalized spacial score (nSPS) is 17.3. The van der Waals surface area contributed by atoms with Crippen LogP contribution in [0.1, 0.15) is 34.9 Å². The number of piperidine rings is 1. The SMILES string of the molecule is NC(=O)c1ccn(-c2nccc(Sc3cnc(N4CCC5(CC4)Cn4nccc4[C@H]5N)cn3)c2Cl)c1.O=C(O)C(F)(F)F. The second-order valence-electron chi connectivity index (χ2n) is 9.98. The lowest BCUT2D eigenvalue weighted by Crippen LogP contribution is -2.45. The minimum absolute atomic E-state index is 0.0240. The van der Waals surface area contributed by atoms with Crippen LogP contribution >= 0.6 is 23.4 Å². The zero-order valence-electron chi connectivity index (χ0n) is 22.3. The molecule has 0 aliphatic carbocycles. The second-order valence-corrected chi connectivity index (χ2v) is 11.4. The fourth-order valence-electron chi connectivity index (χ4n) is 5.09. The fourth-order valence-corrected chi connectivity index (χ4v) is 6.16. The third kappa shape index (κ3) is 6.30. The highest BCUT2D eigenvalue weighted by Crippen LogP contribution is 2.48. The van der Waals surface area contributed by atoms with E-state index >= 15 is 0 Å². The number of aliphatic carboxylic acids is 1. The lowest BCUT2D eigenvalue weighted by atomic mass is 9.73. The van der Waals surface area contributed by atoms with Gasteiger partial charge in [0.25, 0.3) is 0 Å². The Bertz CT molecular complexity index is 1640. The Hall–Kier alpha value is -4.15. The first-order chi connectivity index (χ1) is 20.4. The van der Waals surface area contributed by atoms with Gasteiger partial charge in [-0.25, -0.2) is 19.7 Å². The van der Waals surface area contributed by atoms with E-state index in [0.717, 1.165) is 53.9 Å². The Morgan fingerprint density at radius 2 is 1.81 bits per heavy atom. The van der Waals surface area contributed by atoms with Gasteiger partial charge in [0.2, 0.25) is 5.91 Å². The topological polar surface area (TPSA) is 171 Å². The maximum Gasteiger partial charge on any atom is 0.490 e. The first kappa shape index (κ1) is 30.3. The van der Waals surface area contributed by atoms with E-state index in [-0.39, 0.29) is 11.5 Å².